The number of allylic oxidation sites excluding steroid dienone is 3. The lowest BCUT2D eigenvalue weighted by atomic mass is 9.76. The fraction of sp³-hybridized carbons (Fsp3) is 0.435. The number of carbonyl (C=O) groups is 1. The van der Waals surface area contributed by atoms with Gasteiger partial charge in [-0.3, -0.25) is 4.79 Å². The molecule has 0 saturated heterocycles. The Hall–Kier alpha value is -2.20. The topological polar surface area (TPSA) is 29.5 Å². The molecule has 1 rings (SSSR count). The molecule has 0 spiro atoms. The average Bonchev–Trinajstić information content (AvgIpc) is 2.62. The van der Waals surface area contributed by atoms with E-state index >= 15 is 0 Å². The maximum absolute atomic E-state index is 13.4. The zero-order valence-corrected chi connectivity index (χ0v) is 17.2. The maximum atomic E-state index is 13.4. The molecule has 0 aromatic heterocycles. The maximum Gasteiger partial charge on any atom is 0.306 e. The predicted octanol–water partition coefficient (Wildman–Crippen LogP) is 4.95. The minimum atomic E-state index is -0.879. The summed E-state index contributed by atoms with van der Waals surface area (Å²) < 4.78 is 19.5. The fourth-order valence-electron chi connectivity index (χ4n) is 3.28. The molecule has 0 fully saturated rings. The Labute approximate surface area is 163 Å². The highest BCUT2D eigenvalue weighted by Gasteiger charge is 2.42. The highest BCUT2D eigenvalue weighted by molar-refractivity contribution is 5.70. The lowest BCUT2D eigenvalue weighted by molar-refractivity contribution is -0.160. The number of benzene rings is 1. The van der Waals surface area contributed by atoms with Gasteiger partial charge in [-0.1, -0.05) is 56.9 Å². The zero-order chi connectivity index (χ0) is 20.4. The summed E-state index contributed by atoms with van der Waals surface area (Å²) in [6.07, 6.45) is 8.22. The van der Waals surface area contributed by atoms with Crippen LogP contribution in [-0.4, -0.2) is 37.1 Å². The van der Waals surface area contributed by atoms with E-state index in [1.807, 2.05) is 39.2 Å². The molecule has 0 bridgehead atoms. The van der Waals surface area contributed by atoms with Crippen molar-refractivity contribution in [1.82, 2.24) is 4.90 Å². The number of carbonyl (C=O) groups excluding carboxylic acids is 1. The van der Waals surface area contributed by atoms with Crippen LogP contribution in [0, 0.1) is 11.7 Å². The van der Waals surface area contributed by atoms with Gasteiger partial charge in [-0.15, -0.1) is 0 Å². The van der Waals surface area contributed by atoms with Gasteiger partial charge in [0.05, 0.1) is 0 Å². The van der Waals surface area contributed by atoms with Crippen molar-refractivity contribution in [1.29, 1.82) is 0 Å². The Balaban J connectivity index is 3.57. The summed E-state index contributed by atoms with van der Waals surface area (Å²) in [7, 11) is 3.99. The van der Waals surface area contributed by atoms with Crippen LogP contribution in [0.2, 0.25) is 0 Å². The molecule has 4 heteroatoms. The highest BCUT2D eigenvalue weighted by Crippen LogP contribution is 2.36. The number of hydrogen-bond acceptors (Lipinski definition) is 3. The molecule has 0 saturated carbocycles. The van der Waals surface area contributed by atoms with Crippen LogP contribution in [0.3, 0.4) is 0 Å². The molecule has 3 nitrogen and oxygen atoms in total. The van der Waals surface area contributed by atoms with E-state index in [9.17, 15) is 9.18 Å². The Morgan fingerprint density at radius 1 is 1.33 bits per heavy atom. The number of nitrogens with zero attached hydrogens (tertiary/aromatic N) is 1. The number of halogens is 1. The molecule has 0 aliphatic rings. The molecule has 27 heavy (non-hydrogen) atoms. The predicted molar refractivity (Wildman–Crippen MR) is 110 cm³/mol. The summed E-state index contributed by atoms with van der Waals surface area (Å²) in [5.74, 6) is -0.552. The van der Waals surface area contributed by atoms with Gasteiger partial charge < -0.3 is 9.64 Å². The third-order valence-electron chi connectivity index (χ3n) is 4.53. The lowest BCUT2D eigenvalue weighted by Crippen LogP contribution is -2.48. The van der Waals surface area contributed by atoms with Crippen LogP contribution in [0.25, 0.3) is 0 Å². The van der Waals surface area contributed by atoms with Crippen LogP contribution in [0.1, 0.15) is 32.8 Å². The first kappa shape index (κ1) is 22.8. The highest BCUT2D eigenvalue weighted by atomic mass is 19.1. The molecule has 1 aromatic rings. The Morgan fingerprint density at radius 2 is 1.96 bits per heavy atom. The van der Waals surface area contributed by atoms with Crippen LogP contribution in [-0.2, 0) is 16.0 Å². The summed E-state index contributed by atoms with van der Waals surface area (Å²) in [5, 5.41) is 0. The third kappa shape index (κ3) is 6.47. The standard InChI is InChI=1S/C23H32FNO2/c1-7-10-20(11-8-2)23(27-22(26)9-3,18(4)17-25(5)6)16-19-12-14-21(24)15-13-19/h7-8,10-15,18H,1,9,16-17H2,2-6H3/b11-8-,20-10+/t18-,23+/m1/s1. The number of hydrogen-bond donors (Lipinski definition) is 0. The summed E-state index contributed by atoms with van der Waals surface area (Å²) in [6, 6.07) is 6.36. The van der Waals surface area contributed by atoms with Crippen molar-refractivity contribution in [2.45, 2.75) is 39.2 Å². The molecule has 0 amide bonds. The third-order valence-corrected chi connectivity index (χ3v) is 4.53. The van der Waals surface area contributed by atoms with E-state index in [1.54, 1.807) is 25.1 Å². The van der Waals surface area contributed by atoms with Crippen molar-refractivity contribution in [3.05, 3.63) is 72.1 Å². The molecular formula is C23H32FNO2. The SMILES string of the molecule is C=C/C=C(\C=C/C)[C@@](Cc1ccc(F)cc1)(OC(=O)CC)[C@H](C)CN(C)C. The van der Waals surface area contributed by atoms with Crippen molar-refractivity contribution in [3.8, 4) is 0 Å². The van der Waals surface area contributed by atoms with Gasteiger partial charge in [0.2, 0.25) is 0 Å². The van der Waals surface area contributed by atoms with Gasteiger partial charge >= 0.3 is 5.97 Å². The van der Waals surface area contributed by atoms with Crippen molar-refractivity contribution in [2.75, 3.05) is 20.6 Å². The van der Waals surface area contributed by atoms with Crippen molar-refractivity contribution >= 4 is 5.97 Å². The summed E-state index contributed by atoms with van der Waals surface area (Å²) in [6.45, 7) is 10.3. The first-order chi connectivity index (χ1) is 12.8. The van der Waals surface area contributed by atoms with Crippen molar-refractivity contribution in [2.24, 2.45) is 5.92 Å². The molecule has 2 atom stereocenters. The van der Waals surface area contributed by atoms with Crippen LogP contribution in [0.4, 0.5) is 4.39 Å². The second-order valence-corrected chi connectivity index (χ2v) is 7.04. The van der Waals surface area contributed by atoms with Gasteiger partial charge in [-0.2, -0.15) is 0 Å². The van der Waals surface area contributed by atoms with Crippen LogP contribution >= 0.6 is 0 Å². The van der Waals surface area contributed by atoms with Crippen LogP contribution in [0.5, 0.6) is 0 Å². The minimum absolute atomic E-state index is 0.00421. The first-order valence-corrected chi connectivity index (χ1v) is 9.36. The van der Waals surface area contributed by atoms with E-state index in [0.717, 1.165) is 17.7 Å². The summed E-state index contributed by atoms with van der Waals surface area (Å²) >= 11 is 0. The molecule has 148 valence electrons. The second-order valence-electron chi connectivity index (χ2n) is 7.04. The smallest absolute Gasteiger partial charge is 0.306 e. The molecule has 0 aliphatic carbocycles. The number of rotatable bonds is 10. The van der Waals surface area contributed by atoms with Gasteiger partial charge in [0.25, 0.3) is 0 Å². The van der Waals surface area contributed by atoms with Gasteiger partial charge in [-0.25, -0.2) is 4.39 Å². The van der Waals surface area contributed by atoms with E-state index in [4.69, 9.17) is 4.74 Å². The quantitative estimate of drug-likeness (QED) is 0.429. The number of esters is 1. The Kier molecular flexibility index (Phi) is 9.16. The Morgan fingerprint density at radius 3 is 2.44 bits per heavy atom. The molecular weight excluding hydrogens is 341 g/mol. The Bertz CT molecular complexity index is 676. The monoisotopic (exact) mass is 373 g/mol. The van der Waals surface area contributed by atoms with Gasteiger partial charge in [0.1, 0.15) is 11.4 Å². The zero-order valence-electron chi connectivity index (χ0n) is 17.2. The van der Waals surface area contributed by atoms with E-state index in [2.05, 4.69) is 18.4 Å². The molecule has 1 aromatic carbocycles. The first-order valence-electron chi connectivity index (χ1n) is 9.36. The molecule has 0 aliphatic heterocycles. The van der Waals surface area contributed by atoms with Gasteiger partial charge in [0, 0.05) is 25.3 Å². The minimum Gasteiger partial charge on any atom is -0.453 e. The van der Waals surface area contributed by atoms with E-state index in [-0.39, 0.29) is 24.1 Å². The van der Waals surface area contributed by atoms with Gasteiger partial charge in [-0.05, 0) is 44.3 Å². The largest absolute Gasteiger partial charge is 0.453 e. The molecule has 0 heterocycles. The lowest BCUT2D eigenvalue weighted by Gasteiger charge is -2.41. The molecule has 0 unspecified atom stereocenters. The number of ether oxygens (including phenoxy) is 1. The summed E-state index contributed by atoms with van der Waals surface area (Å²) in [4.78, 5) is 14.5. The molecule has 0 N–H and O–H groups in total. The van der Waals surface area contributed by atoms with Crippen LogP contribution in [0.15, 0.2) is 60.7 Å². The fourth-order valence-corrected chi connectivity index (χ4v) is 3.28. The van der Waals surface area contributed by atoms with E-state index in [1.165, 1.54) is 12.1 Å². The van der Waals surface area contributed by atoms with Gasteiger partial charge in [0.15, 0.2) is 0 Å². The normalized spacial score (nSPS) is 15.6. The van der Waals surface area contributed by atoms with Crippen molar-refractivity contribution < 1.29 is 13.9 Å². The van der Waals surface area contributed by atoms with E-state index in [0.29, 0.717) is 6.42 Å². The molecule has 0 radical (unpaired) electrons. The van der Waals surface area contributed by atoms with Crippen molar-refractivity contribution in [3.63, 3.8) is 0 Å². The van der Waals surface area contributed by atoms with Crippen LogP contribution < -0.4 is 0 Å². The summed E-state index contributed by atoms with van der Waals surface area (Å²) in [5.41, 5.74) is 0.904. The second kappa shape index (κ2) is 10.8. The average molecular weight is 374 g/mol. The van der Waals surface area contributed by atoms with E-state index < -0.39 is 5.60 Å².